The first kappa shape index (κ1) is 17.8. The van der Waals surface area contributed by atoms with Gasteiger partial charge in [0.1, 0.15) is 0 Å². The molecule has 8 heteroatoms. The van der Waals surface area contributed by atoms with Crippen molar-refractivity contribution < 1.29 is 14.3 Å². The van der Waals surface area contributed by atoms with E-state index in [2.05, 4.69) is 10.6 Å². The second-order valence-electron chi connectivity index (χ2n) is 5.33. The maximum Gasteiger partial charge on any atom is 0.319 e. The second kappa shape index (κ2) is 7.86. The summed E-state index contributed by atoms with van der Waals surface area (Å²) >= 11 is 12.1. The van der Waals surface area contributed by atoms with Gasteiger partial charge >= 0.3 is 6.03 Å². The molecule has 1 aliphatic heterocycles. The predicted molar refractivity (Wildman–Crippen MR) is 90.2 cm³/mol. The number of benzene rings is 1. The zero-order valence-corrected chi connectivity index (χ0v) is 14.5. The number of carbonyl (C=O) groups excluding carboxylic acids is 2. The highest BCUT2D eigenvalue weighted by Crippen LogP contribution is 2.30. The summed E-state index contributed by atoms with van der Waals surface area (Å²) in [4.78, 5) is 25.0. The van der Waals surface area contributed by atoms with Crippen LogP contribution >= 0.6 is 23.2 Å². The van der Waals surface area contributed by atoms with E-state index in [1.54, 1.807) is 24.0 Å². The highest BCUT2D eigenvalue weighted by Gasteiger charge is 2.22. The number of carbonyl (C=O) groups is 2. The van der Waals surface area contributed by atoms with Crippen LogP contribution < -0.4 is 10.6 Å². The minimum Gasteiger partial charge on any atom is -0.373 e. The molecule has 1 fully saturated rings. The summed E-state index contributed by atoms with van der Waals surface area (Å²) in [6.07, 6.45) is -0.221. The molecule has 0 aromatic heterocycles. The van der Waals surface area contributed by atoms with Crippen LogP contribution in [0.2, 0.25) is 10.0 Å². The molecule has 1 atom stereocenters. The number of nitrogens with zero attached hydrogens (tertiary/aromatic N) is 1. The van der Waals surface area contributed by atoms with E-state index in [1.165, 1.54) is 6.92 Å². The van der Waals surface area contributed by atoms with Gasteiger partial charge in [0.25, 0.3) is 0 Å². The summed E-state index contributed by atoms with van der Waals surface area (Å²) in [5, 5.41) is 6.34. The molecule has 0 unspecified atom stereocenters. The van der Waals surface area contributed by atoms with Crippen LogP contribution in [0.4, 0.5) is 10.5 Å². The zero-order chi connectivity index (χ0) is 17.0. The van der Waals surface area contributed by atoms with Crippen molar-refractivity contribution in [1.82, 2.24) is 10.2 Å². The molecule has 1 aromatic rings. The lowest BCUT2D eigenvalue weighted by Gasteiger charge is -2.32. The van der Waals surface area contributed by atoms with Gasteiger partial charge in [-0.25, -0.2) is 4.79 Å². The van der Waals surface area contributed by atoms with Crippen molar-refractivity contribution in [2.75, 3.05) is 31.6 Å². The van der Waals surface area contributed by atoms with E-state index in [0.29, 0.717) is 47.5 Å². The minimum absolute atomic E-state index is 0.00572. The minimum atomic E-state index is -0.392. The molecule has 0 bridgehead atoms. The molecule has 2 rings (SSSR count). The largest absolute Gasteiger partial charge is 0.373 e. The molecule has 0 aliphatic carbocycles. The first-order chi connectivity index (χ1) is 10.9. The number of rotatable bonds is 3. The molecule has 1 aliphatic rings. The van der Waals surface area contributed by atoms with Crippen LogP contribution in [0, 0.1) is 6.92 Å². The lowest BCUT2D eigenvalue weighted by atomic mass is 10.2. The Labute approximate surface area is 145 Å². The van der Waals surface area contributed by atoms with Crippen molar-refractivity contribution in [2.45, 2.75) is 20.0 Å². The fourth-order valence-corrected chi connectivity index (χ4v) is 2.68. The molecule has 0 spiro atoms. The van der Waals surface area contributed by atoms with Crippen molar-refractivity contribution >= 4 is 40.8 Å². The monoisotopic (exact) mass is 359 g/mol. The van der Waals surface area contributed by atoms with E-state index in [-0.39, 0.29) is 12.0 Å². The van der Waals surface area contributed by atoms with Gasteiger partial charge in [0.2, 0.25) is 5.91 Å². The number of halogens is 2. The van der Waals surface area contributed by atoms with Crippen molar-refractivity contribution in [3.8, 4) is 0 Å². The third-order valence-electron chi connectivity index (χ3n) is 3.64. The Hall–Kier alpha value is -1.50. The molecule has 126 valence electrons. The highest BCUT2D eigenvalue weighted by molar-refractivity contribution is 6.38. The van der Waals surface area contributed by atoms with Gasteiger partial charge in [-0.1, -0.05) is 23.2 Å². The molecule has 6 nitrogen and oxygen atoms in total. The second-order valence-corrected chi connectivity index (χ2v) is 6.11. The third kappa shape index (κ3) is 4.73. The smallest absolute Gasteiger partial charge is 0.319 e. The Morgan fingerprint density at radius 3 is 2.83 bits per heavy atom. The number of ether oxygens (including phenoxy) is 1. The molecule has 1 heterocycles. The molecular formula is C15H19Cl2N3O3. The van der Waals surface area contributed by atoms with Crippen LogP contribution in [0.3, 0.4) is 0 Å². The molecule has 0 saturated carbocycles. The Morgan fingerprint density at radius 1 is 1.39 bits per heavy atom. The summed E-state index contributed by atoms with van der Waals surface area (Å²) in [6.45, 7) is 5.12. The van der Waals surface area contributed by atoms with E-state index in [1.807, 2.05) is 0 Å². The van der Waals surface area contributed by atoms with E-state index < -0.39 is 6.03 Å². The molecule has 0 radical (unpaired) electrons. The van der Waals surface area contributed by atoms with Crippen LogP contribution in [-0.2, 0) is 9.53 Å². The summed E-state index contributed by atoms with van der Waals surface area (Å²) in [5.74, 6) is 0.00572. The molecule has 23 heavy (non-hydrogen) atoms. The fraction of sp³-hybridized carbons (Fsp3) is 0.467. The number of morpholine rings is 1. The van der Waals surface area contributed by atoms with Gasteiger partial charge in [0.15, 0.2) is 0 Å². The van der Waals surface area contributed by atoms with E-state index in [9.17, 15) is 9.59 Å². The van der Waals surface area contributed by atoms with E-state index in [0.717, 1.165) is 0 Å². The van der Waals surface area contributed by atoms with Gasteiger partial charge in [0, 0.05) is 31.6 Å². The zero-order valence-electron chi connectivity index (χ0n) is 13.0. The average Bonchev–Trinajstić information content (AvgIpc) is 2.54. The van der Waals surface area contributed by atoms with Gasteiger partial charge in [-0.3, -0.25) is 4.79 Å². The first-order valence-corrected chi connectivity index (χ1v) is 8.00. The lowest BCUT2D eigenvalue weighted by molar-refractivity contribution is -0.136. The van der Waals surface area contributed by atoms with Crippen LogP contribution in [-0.4, -0.2) is 49.2 Å². The maximum absolute atomic E-state index is 12.0. The van der Waals surface area contributed by atoms with Crippen molar-refractivity contribution in [2.24, 2.45) is 0 Å². The number of urea groups is 1. The molecule has 1 saturated heterocycles. The Morgan fingerprint density at radius 2 is 2.13 bits per heavy atom. The average molecular weight is 360 g/mol. The number of amides is 3. The third-order valence-corrected chi connectivity index (χ3v) is 4.54. The van der Waals surface area contributed by atoms with E-state index in [4.69, 9.17) is 27.9 Å². The molecule has 3 amide bonds. The Balaban J connectivity index is 1.86. The number of hydrogen-bond donors (Lipinski definition) is 2. The highest BCUT2D eigenvalue weighted by atomic mass is 35.5. The van der Waals surface area contributed by atoms with Crippen LogP contribution in [0.25, 0.3) is 0 Å². The van der Waals surface area contributed by atoms with Gasteiger partial charge in [-0.15, -0.1) is 0 Å². The normalized spacial score (nSPS) is 17.7. The van der Waals surface area contributed by atoms with Gasteiger partial charge in [0.05, 0.1) is 23.4 Å². The lowest BCUT2D eigenvalue weighted by Crippen LogP contribution is -2.49. The molecule has 1 aromatic carbocycles. The van der Waals surface area contributed by atoms with Crippen LogP contribution in [0.15, 0.2) is 12.1 Å². The summed E-state index contributed by atoms with van der Waals surface area (Å²) in [7, 11) is 0. The van der Waals surface area contributed by atoms with Crippen molar-refractivity contribution in [1.29, 1.82) is 0 Å². The summed E-state index contributed by atoms with van der Waals surface area (Å²) in [5.41, 5.74) is 1.19. The summed E-state index contributed by atoms with van der Waals surface area (Å²) < 4.78 is 5.54. The van der Waals surface area contributed by atoms with Gasteiger partial charge in [-0.05, 0) is 24.6 Å². The maximum atomic E-state index is 12.0. The summed E-state index contributed by atoms with van der Waals surface area (Å²) in [6, 6.07) is 2.93. The Bertz CT molecular complexity index is 610. The van der Waals surface area contributed by atoms with Crippen LogP contribution in [0.1, 0.15) is 12.5 Å². The van der Waals surface area contributed by atoms with Gasteiger partial charge in [-0.2, -0.15) is 0 Å². The molecular weight excluding hydrogens is 341 g/mol. The number of anilines is 1. The predicted octanol–water partition coefficient (Wildman–Crippen LogP) is 2.67. The first-order valence-electron chi connectivity index (χ1n) is 7.25. The van der Waals surface area contributed by atoms with E-state index >= 15 is 0 Å². The number of hydrogen-bond acceptors (Lipinski definition) is 3. The standard InChI is InChI=1S/C15H19Cl2N3O3/c1-9-12(16)3-4-13(14(9)17)19-15(22)18-7-11-8-20(10(2)21)5-6-23-11/h3-4,11H,5-8H2,1-2H3,(H2,18,19,22)/t11-/m1/s1. The quantitative estimate of drug-likeness (QED) is 0.871. The van der Waals surface area contributed by atoms with Crippen molar-refractivity contribution in [3.05, 3.63) is 27.7 Å². The fourth-order valence-electron chi connectivity index (χ4n) is 2.26. The van der Waals surface area contributed by atoms with Crippen LogP contribution in [0.5, 0.6) is 0 Å². The van der Waals surface area contributed by atoms with Crippen molar-refractivity contribution in [3.63, 3.8) is 0 Å². The number of nitrogens with one attached hydrogen (secondary N) is 2. The SMILES string of the molecule is CC(=O)N1CCO[C@H](CNC(=O)Nc2ccc(Cl)c(C)c2Cl)C1. The van der Waals surface area contributed by atoms with Gasteiger partial charge < -0.3 is 20.3 Å². The molecule has 2 N–H and O–H groups in total. The topological polar surface area (TPSA) is 70.7 Å². The Kier molecular flexibility index (Phi) is 6.10.